The van der Waals surface area contributed by atoms with Crippen molar-refractivity contribution in [3.63, 3.8) is 0 Å². The molecule has 1 aliphatic carbocycles. The Balaban J connectivity index is 1.35. The van der Waals surface area contributed by atoms with Crippen LogP contribution in [0.3, 0.4) is 0 Å². The molecule has 1 spiro atoms. The Morgan fingerprint density at radius 2 is 1.61 bits per heavy atom. The van der Waals surface area contributed by atoms with Crippen LogP contribution in [0.5, 0.6) is 0 Å². The van der Waals surface area contributed by atoms with Crippen LogP contribution in [0.25, 0.3) is 0 Å². The molecule has 3 aliphatic rings. The summed E-state index contributed by atoms with van der Waals surface area (Å²) in [5, 5.41) is 0. The fraction of sp³-hybridized carbons (Fsp3) is 0.481. The fourth-order valence-electron chi connectivity index (χ4n) is 5.96. The van der Waals surface area contributed by atoms with Gasteiger partial charge in [0, 0.05) is 24.3 Å². The summed E-state index contributed by atoms with van der Waals surface area (Å²) >= 11 is 0. The van der Waals surface area contributed by atoms with Gasteiger partial charge in [-0.2, -0.15) is 0 Å². The minimum absolute atomic E-state index is 0.0338. The zero-order valence-electron chi connectivity index (χ0n) is 19.0. The van der Waals surface area contributed by atoms with Crippen LogP contribution in [0.1, 0.15) is 50.5 Å². The number of likely N-dealkylation sites (tertiary alicyclic amines) is 1. The van der Waals surface area contributed by atoms with E-state index in [0.29, 0.717) is 44.5 Å². The second-order valence-corrected chi connectivity index (χ2v) is 9.70. The van der Waals surface area contributed by atoms with E-state index < -0.39 is 11.0 Å². The summed E-state index contributed by atoms with van der Waals surface area (Å²) in [6.07, 6.45) is 5.53. The highest BCUT2D eigenvalue weighted by molar-refractivity contribution is 5.95. The van der Waals surface area contributed by atoms with E-state index in [9.17, 15) is 14.0 Å². The summed E-state index contributed by atoms with van der Waals surface area (Å²) in [5.41, 5.74) is 0.204. The van der Waals surface area contributed by atoms with E-state index in [2.05, 4.69) is 0 Å². The molecule has 0 radical (unpaired) electrons. The lowest BCUT2D eigenvalue weighted by molar-refractivity contribution is -0.142. The Labute approximate surface area is 194 Å². The van der Waals surface area contributed by atoms with E-state index in [1.807, 2.05) is 46.2 Å². The standard InChI is InChI=1S/C27H31FN2O3/c28-23-12-5-4-11-22(23)27(14-6-7-15-27)25(32)29-17-8-13-26(16-18-29)20-30(24(31)19-33-26)21-9-2-1-3-10-21/h1-5,9-12H,6-8,13-20H2. The lowest BCUT2D eigenvalue weighted by Gasteiger charge is -2.42. The molecule has 1 saturated carbocycles. The number of rotatable bonds is 3. The number of halogens is 1. The third-order valence-corrected chi connectivity index (χ3v) is 7.76. The van der Waals surface area contributed by atoms with Crippen molar-refractivity contribution in [1.82, 2.24) is 4.90 Å². The van der Waals surface area contributed by atoms with Gasteiger partial charge in [0.2, 0.25) is 5.91 Å². The fourth-order valence-corrected chi connectivity index (χ4v) is 5.96. The molecule has 2 aromatic rings. The number of carbonyl (C=O) groups excluding carboxylic acids is 2. The first-order valence-electron chi connectivity index (χ1n) is 12.1. The van der Waals surface area contributed by atoms with Gasteiger partial charge >= 0.3 is 0 Å². The van der Waals surface area contributed by atoms with Gasteiger partial charge in [0.1, 0.15) is 12.4 Å². The number of nitrogens with zero attached hydrogens (tertiary/aromatic N) is 2. The third-order valence-electron chi connectivity index (χ3n) is 7.76. The van der Waals surface area contributed by atoms with Crippen LogP contribution in [0, 0.1) is 5.82 Å². The normalized spacial score (nSPS) is 25.3. The maximum Gasteiger partial charge on any atom is 0.253 e. The van der Waals surface area contributed by atoms with Gasteiger partial charge in [-0.15, -0.1) is 0 Å². The first-order chi connectivity index (χ1) is 16.0. The van der Waals surface area contributed by atoms with Crippen LogP contribution in [0.15, 0.2) is 54.6 Å². The molecule has 2 amide bonds. The zero-order valence-corrected chi connectivity index (χ0v) is 19.0. The third kappa shape index (κ3) is 4.05. The summed E-state index contributed by atoms with van der Waals surface area (Å²) in [5.74, 6) is -0.269. The molecule has 174 valence electrons. The Morgan fingerprint density at radius 1 is 0.879 bits per heavy atom. The van der Waals surface area contributed by atoms with Crippen molar-refractivity contribution in [2.75, 3.05) is 31.1 Å². The molecule has 0 aromatic heterocycles. The first kappa shape index (κ1) is 22.1. The molecular weight excluding hydrogens is 419 g/mol. The van der Waals surface area contributed by atoms with Crippen LogP contribution in [-0.4, -0.2) is 48.6 Å². The van der Waals surface area contributed by atoms with Gasteiger partial charge in [0.25, 0.3) is 5.91 Å². The topological polar surface area (TPSA) is 49.9 Å². The number of morpholine rings is 1. The number of benzene rings is 2. The second kappa shape index (κ2) is 8.90. The molecule has 2 aliphatic heterocycles. The molecule has 5 rings (SSSR count). The Bertz CT molecular complexity index is 1020. The van der Waals surface area contributed by atoms with E-state index >= 15 is 0 Å². The number of anilines is 1. The van der Waals surface area contributed by atoms with Crippen LogP contribution < -0.4 is 4.90 Å². The van der Waals surface area contributed by atoms with E-state index in [4.69, 9.17) is 4.74 Å². The number of ether oxygens (including phenoxy) is 1. The van der Waals surface area contributed by atoms with Gasteiger partial charge < -0.3 is 14.5 Å². The molecular formula is C27H31FN2O3. The molecule has 6 heteroatoms. The van der Waals surface area contributed by atoms with Crippen molar-refractivity contribution in [3.8, 4) is 0 Å². The van der Waals surface area contributed by atoms with E-state index in [1.165, 1.54) is 6.07 Å². The molecule has 1 atom stereocenters. The number of hydrogen-bond acceptors (Lipinski definition) is 3. The van der Waals surface area contributed by atoms with Gasteiger partial charge in [0.05, 0.1) is 17.6 Å². The molecule has 5 nitrogen and oxygen atoms in total. The van der Waals surface area contributed by atoms with Gasteiger partial charge in [-0.3, -0.25) is 9.59 Å². The van der Waals surface area contributed by atoms with Crippen molar-refractivity contribution >= 4 is 17.5 Å². The van der Waals surface area contributed by atoms with Crippen molar-refractivity contribution < 1.29 is 18.7 Å². The smallest absolute Gasteiger partial charge is 0.253 e. The van der Waals surface area contributed by atoms with Crippen LogP contribution in [0.4, 0.5) is 10.1 Å². The maximum atomic E-state index is 14.8. The largest absolute Gasteiger partial charge is 0.363 e. The van der Waals surface area contributed by atoms with E-state index in [0.717, 1.165) is 31.4 Å². The Kier molecular flexibility index (Phi) is 5.95. The second-order valence-electron chi connectivity index (χ2n) is 9.70. The van der Waals surface area contributed by atoms with Gasteiger partial charge in [0.15, 0.2) is 0 Å². The highest BCUT2D eigenvalue weighted by Gasteiger charge is 2.48. The van der Waals surface area contributed by atoms with Crippen LogP contribution >= 0.6 is 0 Å². The minimum atomic E-state index is -0.762. The summed E-state index contributed by atoms with van der Waals surface area (Å²) in [6, 6.07) is 16.5. The number of para-hydroxylation sites is 1. The average molecular weight is 451 g/mol. The number of amides is 2. The van der Waals surface area contributed by atoms with E-state index in [-0.39, 0.29) is 24.2 Å². The predicted molar refractivity (Wildman–Crippen MR) is 124 cm³/mol. The minimum Gasteiger partial charge on any atom is -0.363 e. The zero-order chi connectivity index (χ0) is 22.9. The Morgan fingerprint density at radius 3 is 2.36 bits per heavy atom. The molecule has 0 bridgehead atoms. The van der Waals surface area contributed by atoms with Crippen LogP contribution in [-0.2, 0) is 19.7 Å². The predicted octanol–water partition coefficient (Wildman–Crippen LogP) is 4.45. The SMILES string of the molecule is O=C1COC2(CCCN(C(=O)C3(c4ccccc4F)CCCC3)CC2)CN1c1ccccc1. The van der Waals surface area contributed by atoms with Crippen molar-refractivity contribution in [3.05, 3.63) is 66.0 Å². The number of carbonyl (C=O) groups is 2. The summed E-state index contributed by atoms with van der Waals surface area (Å²) in [4.78, 5) is 30.2. The molecule has 0 N–H and O–H groups in total. The lowest BCUT2D eigenvalue weighted by Crippen LogP contribution is -2.55. The first-order valence-corrected chi connectivity index (χ1v) is 12.1. The van der Waals surface area contributed by atoms with Gasteiger partial charge in [-0.1, -0.05) is 49.2 Å². The molecule has 1 unspecified atom stereocenters. The molecule has 3 fully saturated rings. The Hall–Kier alpha value is -2.73. The highest BCUT2D eigenvalue weighted by Crippen LogP contribution is 2.44. The molecule has 2 aromatic carbocycles. The van der Waals surface area contributed by atoms with Crippen molar-refractivity contribution in [2.24, 2.45) is 0 Å². The monoisotopic (exact) mass is 450 g/mol. The van der Waals surface area contributed by atoms with E-state index in [1.54, 1.807) is 12.1 Å². The summed E-state index contributed by atoms with van der Waals surface area (Å²) in [6.45, 7) is 1.75. The average Bonchev–Trinajstić information content (AvgIpc) is 3.25. The molecule has 2 saturated heterocycles. The van der Waals surface area contributed by atoms with Crippen molar-refractivity contribution in [1.29, 1.82) is 0 Å². The summed E-state index contributed by atoms with van der Waals surface area (Å²) in [7, 11) is 0. The van der Waals surface area contributed by atoms with Crippen LogP contribution in [0.2, 0.25) is 0 Å². The maximum absolute atomic E-state index is 14.8. The van der Waals surface area contributed by atoms with Gasteiger partial charge in [-0.05, 0) is 50.3 Å². The molecule has 33 heavy (non-hydrogen) atoms. The lowest BCUT2D eigenvalue weighted by atomic mass is 9.77. The quantitative estimate of drug-likeness (QED) is 0.694. The van der Waals surface area contributed by atoms with Gasteiger partial charge in [-0.25, -0.2) is 4.39 Å². The molecule has 2 heterocycles. The summed E-state index contributed by atoms with van der Waals surface area (Å²) < 4.78 is 20.9. The number of hydrogen-bond donors (Lipinski definition) is 0. The highest BCUT2D eigenvalue weighted by atomic mass is 19.1. The van der Waals surface area contributed by atoms with Crippen molar-refractivity contribution in [2.45, 2.75) is 56.0 Å².